The summed E-state index contributed by atoms with van der Waals surface area (Å²) in [5.41, 5.74) is 6.97. The Balaban J connectivity index is 0.000000192. The first-order chi connectivity index (χ1) is 16.9. The molecule has 35 heavy (non-hydrogen) atoms. The number of anilines is 2. The van der Waals surface area contributed by atoms with Crippen LogP contribution in [0.5, 0.6) is 5.75 Å². The van der Waals surface area contributed by atoms with Gasteiger partial charge in [0, 0.05) is 18.6 Å². The largest absolute Gasteiger partial charge is 0.489 e. The van der Waals surface area contributed by atoms with Crippen molar-refractivity contribution in [3.05, 3.63) is 64.6 Å². The summed E-state index contributed by atoms with van der Waals surface area (Å²) >= 11 is 5.83. The fourth-order valence-electron chi connectivity index (χ4n) is 4.00. The summed E-state index contributed by atoms with van der Waals surface area (Å²) in [6.45, 7) is 8.75. The van der Waals surface area contributed by atoms with Crippen LogP contribution in [0.3, 0.4) is 0 Å². The van der Waals surface area contributed by atoms with Crippen LogP contribution in [0.25, 0.3) is 22.1 Å². The Morgan fingerprint density at radius 2 is 1.63 bits per heavy atom. The highest BCUT2D eigenvalue weighted by molar-refractivity contribution is 6.34. The molecule has 10 heteroatoms. The molecule has 0 saturated carbocycles. The summed E-state index contributed by atoms with van der Waals surface area (Å²) in [4.78, 5) is 27.1. The minimum Gasteiger partial charge on any atom is -0.489 e. The van der Waals surface area contributed by atoms with E-state index in [2.05, 4.69) is 52.3 Å². The van der Waals surface area contributed by atoms with E-state index in [9.17, 15) is 0 Å². The van der Waals surface area contributed by atoms with E-state index in [1.54, 1.807) is 6.33 Å². The Bertz CT molecular complexity index is 1550. The maximum Gasteiger partial charge on any atom is 0.143 e. The molecule has 3 N–H and O–H groups in total. The Hall–Kier alpha value is -3.98. The number of ether oxygens (including phenoxy) is 1. The van der Waals surface area contributed by atoms with Gasteiger partial charge in [-0.05, 0) is 62.1 Å². The first-order valence-electron chi connectivity index (χ1n) is 11.2. The molecule has 0 aliphatic carbocycles. The fourth-order valence-corrected chi connectivity index (χ4v) is 4.28. The van der Waals surface area contributed by atoms with Crippen molar-refractivity contribution in [2.45, 2.75) is 40.3 Å². The number of nitrogens with zero attached hydrogens (tertiary/aromatic N) is 5. The number of halogens is 1. The number of hydrogen-bond acceptors (Lipinski definition) is 7. The molecule has 0 radical (unpaired) electrons. The highest BCUT2D eigenvalue weighted by Crippen LogP contribution is 2.35. The van der Waals surface area contributed by atoms with E-state index in [1.165, 1.54) is 11.9 Å². The molecular weight excluding hydrogens is 464 g/mol. The number of aryl methyl sites for hydroxylation is 2. The van der Waals surface area contributed by atoms with Gasteiger partial charge in [-0.2, -0.15) is 0 Å². The number of nitrogens with one attached hydrogen (secondary N) is 3. The molecule has 0 amide bonds. The summed E-state index contributed by atoms with van der Waals surface area (Å²) in [7, 11) is 0. The van der Waals surface area contributed by atoms with Crippen molar-refractivity contribution in [3.8, 4) is 5.75 Å². The molecular formula is C25H25ClN8O. The monoisotopic (exact) mass is 488 g/mol. The zero-order valence-corrected chi connectivity index (χ0v) is 20.6. The molecule has 4 aromatic heterocycles. The first-order valence-corrected chi connectivity index (χ1v) is 11.6. The second kappa shape index (κ2) is 9.34. The molecule has 1 aromatic carbocycles. The molecule has 5 heterocycles. The summed E-state index contributed by atoms with van der Waals surface area (Å²) in [5.74, 6) is 1.58. The van der Waals surface area contributed by atoms with Crippen LogP contribution in [0.1, 0.15) is 36.1 Å². The van der Waals surface area contributed by atoms with Gasteiger partial charge in [0.1, 0.15) is 40.7 Å². The summed E-state index contributed by atoms with van der Waals surface area (Å²) in [6.07, 6.45) is 8.79. The van der Waals surface area contributed by atoms with Gasteiger partial charge in [0.25, 0.3) is 0 Å². The number of H-pyrrole nitrogens is 2. The number of aromatic amines is 2. The molecule has 0 saturated heterocycles. The topological polar surface area (TPSA) is 117 Å². The van der Waals surface area contributed by atoms with Gasteiger partial charge in [-0.25, -0.2) is 19.9 Å². The van der Waals surface area contributed by atoms with Crippen molar-refractivity contribution in [2.75, 3.05) is 5.32 Å². The fraction of sp³-hybridized carbons (Fsp3) is 0.240. The van der Waals surface area contributed by atoms with Crippen molar-refractivity contribution in [1.29, 1.82) is 0 Å². The molecule has 0 atom stereocenters. The van der Waals surface area contributed by atoms with Crippen molar-refractivity contribution < 1.29 is 4.74 Å². The van der Waals surface area contributed by atoms with E-state index in [0.29, 0.717) is 11.7 Å². The molecule has 0 unspecified atom stereocenters. The second-order valence-corrected chi connectivity index (χ2v) is 8.94. The summed E-state index contributed by atoms with van der Waals surface area (Å²) < 4.78 is 6.00. The van der Waals surface area contributed by atoms with E-state index in [0.717, 1.165) is 56.0 Å². The number of fused-ring (bicyclic) bond motifs is 3. The maximum atomic E-state index is 6.00. The van der Waals surface area contributed by atoms with E-state index >= 15 is 0 Å². The molecule has 178 valence electrons. The van der Waals surface area contributed by atoms with Gasteiger partial charge in [0.2, 0.25) is 0 Å². The third-order valence-corrected chi connectivity index (χ3v) is 5.92. The van der Waals surface area contributed by atoms with E-state index < -0.39 is 0 Å². The normalized spacial score (nSPS) is 12.2. The molecule has 0 fully saturated rings. The number of benzene rings is 1. The predicted molar refractivity (Wildman–Crippen MR) is 139 cm³/mol. The Kier molecular flexibility index (Phi) is 6.08. The average molecular weight is 489 g/mol. The molecule has 1 aliphatic heterocycles. The number of rotatable bonds is 4. The summed E-state index contributed by atoms with van der Waals surface area (Å²) in [5, 5.41) is 5.83. The number of hydrogen-bond donors (Lipinski definition) is 3. The lowest BCUT2D eigenvalue weighted by atomic mass is 10.1. The molecule has 0 bridgehead atoms. The lowest BCUT2D eigenvalue weighted by Crippen LogP contribution is -2.08. The van der Waals surface area contributed by atoms with Crippen LogP contribution < -0.4 is 10.1 Å². The van der Waals surface area contributed by atoms with Crippen LogP contribution >= 0.6 is 11.6 Å². The Morgan fingerprint density at radius 3 is 2.34 bits per heavy atom. The van der Waals surface area contributed by atoms with Crippen LogP contribution in [-0.4, -0.2) is 42.2 Å². The van der Waals surface area contributed by atoms with Gasteiger partial charge in [-0.3, -0.25) is 4.99 Å². The van der Waals surface area contributed by atoms with Gasteiger partial charge in [-0.1, -0.05) is 11.6 Å². The molecule has 0 spiro atoms. The quantitative estimate of drug-likeness (QED) is 0.281. The van der Waals surface area contributed by atoms with E-state index in [4.69, 9.17) is 16.3 Å². The lowest BCUT2D eigenvalue weighted by Gasteiger charge is -2.17. The van der Waals surface area contributed by atoms with Crippen LogP contribution in [0, 0.1) is 13.8 Å². The highest BCUT2D eigenvalue weighted by Gasteiger charge is 2.16. The summed E-state index contributed by atoms with van der Waals surface area (Å²) in [6, 6.07) is 4.13. The predicted octanol–water partition coefficient (Wildman–Crippen LogP) is 5.65. The van der Waals surface area contributed by atoms with E-state index in [-0.39, 0.29) is 6.10 Å². The lowest BCUT2D eigenvalue weighted by molar-refractivity contribution is 0.243. The van der Waals surface area contributed by atoms with Gasteiger partial charge < -0.3 is 20.0 Å². The van der Waals surface area contributed by atoms with Crippen molar-refractivity contribution in [1.82, 2.24) is 29.9 Å². The molecule has 1 aliphatic rings. The van der Waals surface area contributed by atoms with Gasteiger partial charge in [0.05, 0.1) is 29.1 Å². The van der Waals surface area contributed by atoms with Gasteiger partial charge >= 0.3 is 0 Å². The molecule has 6 rings (SSSR count). The average Bonchev–Trinajstić information content (AvgIpc) is 3.54. The Labute approximate surface area is 207 Å². The van der Waals surface area contributed by atoms with E-state index in [1.807, 2.05) is 46.3 Å². The van der Waals surface area contributed by atoms with Gasteiger partial charge in [-0.15, -0.1) is 0 Å². The SMILES string of the molecule is Cc1c[nH]c2ncnc(Cl)c12.Cc1c[nH]c2ncnc(Nc3cc4c(cc3OC(C)C)CN=C4)c12. The zero-order valence-electron chi connectivity index (χ0n) is 19.8. The zero-order chi connectivity index (χ0) is 24.5. The standard InChI is InChI=1S/C18H19N5O.C7H6ClN3/c1-10(2)24-15-5-13-8-19-7-12(13)4-14(15)23-18-16-11(3)6-20-17(16)21-9-22-18;1-4-2-9-7-5(4)6(8)10-3-11-7/h4-7,9-10H,8H2,1-3H3,(H2,20,21,22,23);2-3H,1H3,(H,9,10,11). The minimum absolute atomic E-state index is 0.0883. The molecule has 9 nitrogen and oxygen atoms in total. The minimum atomic E-state index is 0.0883. The van der Waals surface area contributed by atoms with Crippen LogP contribution in [0.4, 0.5) is 11.5 Å². The molecule has 5 aromatic rings. The van der Waals surface area contributed by atoms with Crippen molar-refractivity contribution in [3.63, 3.8) is 0 Å². The first kappa shape index (κ1) is 22.8. The number of aromatic nitrogens is 6. The third kappa shape index (κ3) is 4.54. The van der Waals surface area contributed by atoms with Crippen LogP contribution in [0.15, 0.2) is 42.2 Å². The van der Waals surface area contributed by atoms with Crippen LogP contribution in [-0.2, 0) is 6.54 Å². The third-order valence-electron chi connectivity index (χ3n) is 5.64. The van der Waals surface area contributed by atoms with Crippen LogP contribution in [0.2, 0.25) is 5.15 Å². The van der Waals surface area contributed by atoms with Crippen molar-refractivity contribution >= 4 is 51.4 Å². The maximum absolute atomic E-state index is 6.00. The van der Waals surface area contributed by atoms with Crippen molar-refractivity contribution in [2.24, 2.45) is 4.99 Å². The Morgan fingerprint density at radius 1 is 0.943 bits per heavy atom. The second-order valence-electron chi connectivity index (χ2n) is 8.59. The number of aliphatic imine (C=N–C) groups is 1. The highest BCUT2D eigenvalue weighted by atomic mass is 35.5. The smallest absolute Gasteiger partial charge is 0.143 e. The van der Waals surface area contributed by atoms with Gasteiger partial charge in [0.15, 0.2) is 0 Å².